The van der Waals surface area contributed by atoms with E-state index in [0.717, 1.165) is 19.3 Å². The lowest BCUT2D eigenvalue weighted by atomic mass is 10.0. The van der Waals surface area contributed by atoms with E-state index in [1.807, 2.05) is 5.32 Å². The fourth-order valence-electron chi connectivity index (χ4n) is 0.937. The summed E-state index contributed by atoms with van der Waals surface area (Å²) < 4.78 is 4.70. The number of primary amides is 1. The molecule has 0 aliphatic rings. The Morgan fingerprint density at radius 2 is 2.14 bits per heavy atom. The van der Waals surface area contributed by atoms with Crippen LogP contribution < -0.4 is 11.1 Å². The summed E-state index contributed by atoms with van der Waals surface area (Å²) in [5.41, 5.74) is 4.72. The first-order chi connectivity index (χ1) is 6.56. The first-order valence-corrected chi connectivity index (χ1v) is 4.79. The molecule has 0 spiro atoms. The number of ether oxygens (including phenoxy) is 1. The van der Waals surface area contributed by atoms with Crippen LogP contribution in [0, 0.1) is 5.92 Å². The van der Waals surface area contributed by atoms with Crippen LogP contribution in [0.1, 0.15) is 33.1 Å². The number of carbonyl (C=O) groups is 2. The SMILES string of the molecule is CCC(C)CCCOC(=O)NC(N)=O. The molecule has 0 aliphatic carbocycles. The molecule has 0 bridgehead atoms. The van der Waals surface area contributed by atoms with Gasteiger partial charge in [0.25, 0.3) is 0 Å². The lowest BCUT2D eigenvalue weighted by Gasteiger charge is -2.08. The van der Waals surface area contributed by atoms with Crippen LogP contribution in [0.25, 0.3) is 0 Å². The summed E-state index contributed by atoms with van der Waals surface area (Å²) >= 11 is 0. The van der Waals surface area contributed by atoms with Crippen molar-refractivity contribution in [3.63, 3.8) is 0 Å². The van der Waals surface area contributed by atoms with Gasteiger partial charge in [0, 0.05) is 0 Å². The highest BCUT2D eigenvalue weighted by Crippen LogP contribution is 2.08. The average Bonchev–Trinajstić information content (AvgIpc) is 2.10. The number of nitrogens with two attached hydrogens (primary N) is 1. The van der Waals surface area contributed by atoms with Crippen LogP contribution in [0.3, 0.4) is 0 Å². The van der Waals surface area contributed by atoms with E-state index in [0.29, 0.717) is 12.5 Å². The van der Waals surface area contributed by atoms with Crippen LogP contribution in [-0.4, -0.2) is 18.7 Å². The van der Waals surface area contributed by atoms with Gasteiger partial charge in [-0.2, -0.15) is 0 Å². The van der Waals surface area contributed by atoms with E-state index in [1.54, 1.807) is 0 Å². The number of carbonyl (C=O) groups excluding carboxylic acids is 2. The molecule has 0 aliphatic heterocycles. The molecule has 3 N–H and O–H groups in total. The smallest absolute Gasteiger partial charge is 0.415 e. The molecule has 14 heavy (non-hydrogen) atoms. The highest BCUT2D eigenvalue weighted by Gasteiger charge is 2.04. The topological polar surface area (TPSA) is 81.4 Å². The number of hydrogen-bond acceptors (Lipinski definition) is 3. The molecule has 0 aromatic heterocycles. The highest BCUT2D eigenvalue weighted by atomic mass is 16.5. The molecular weight excluding hydrogens is 184 g/mol. The summed E-state index contributed by atoms with van der Waals surface area (Å²) in [5, 5.41) is 1.82. The Balaban J connectivity index is 3.36. The van der Waals surface area contributed by atoms with Crippen LogP contribution >= 0.6 is 0 Å². The van der Waals surface area contributed by atoms with E-state index < -0.39 is 12.1 Å². The van der Waals surface area contributed by atoms with Gasteiger partial charge in [-0.05, 0) is 18.8 Å². The summed E-state index contributed by atoms with van der Waals surface area (Å²) in [5.74, 6) is 0.637. The van der Waals surface area contributed by atoms with Gasteiger partial charge in [-0.3, -0.25) is 0 Å². The third kappa shape index (κ3) is 7.39. The van der Waals surface area contributed by atoms with Crippen molar-refractivity contribution in [3.8, 4) is 0 Å². The standard InChI is InChI=1S/C9H18N2O3/c1-3-7(2)5-4-6-14-9(13)11-8(10)12/h7H,3-6H2,1-2H3,(H3,10,11,12,13). The van der Waals surface area contributed by atoms with Crippen molar-refractivity contribution in [2.24, 2.45) is 11.7 Å². The molecule has 5 heteroatoms. The number of urea groups is 1. The van der Waals surface area contributed by atoms with Crippen LogP contribution in [0.4, 0.5) is 9.59 Å². The van der Waals surface area contributed by atoms with Gasteiger partial charge in [-0.1, -0.05) is 20.3 Å². The molecule has 1 atom stereocenters. The zero-order valence-corrected chi connectivity index (χ0v) is 8.71. The van der Waals surface area contributed by atoms with Crippen molar-refractivity contribution in [2.45, 2.75) is 33.1 Å². The first-order valence-electron chi connectivity index (χ1n) is 4.79. The Hall–Kier alpha value is -1.26. The minimum atomic E-state index is -0.892. The maximum absolute atomic E-state index is 10.7. The third-order valence-electron chi connectivity index (χ3n) is 2.00. The Bertz CT molecular complexity index is 194. The van der Waals surface area contributed by atoms with E-state index in [9.17, 15) is 9.59 Å². The normalized spacial score (nSPS) is 11.9. The van der Waals surface area contributed by atoms with E-state index in [4.69, 9.17) is 10.5 Å². The van der Waals surface area contributed by atoms with Crippen LogP contribution in [0.15, 0.2) is 0 Å². The molecule has 0 saturated carbocycles. The molecule has 0 aromatic carbocycles. The van der Waals surface area contributed by atoms with Gasteiger partial charge in [-0.25, -0.2) is 14.9 Å². The van der Waals surface area contributed by atoms with Gasteiger partial charge in [0.15, 0.2) is 0 Å². The molecule has 0 heterocycles. The molecule has 0 saturated heterocycles. The number of nitrogens with one attached hydrogen (secondary N) is 1. The maximum Gasteiger partial charge on any atom is 0.415 e. The summed E-state index contributed by atoms with van der Waals surface area (Å²) in [6.45, 7) is 4.58. The molecule has 0 radical (unpaired) electrons. The van der Waals surface area contributed by atoms with Crippen molar-refractivity contribution < 1.29 is 14.3 Å². The van der Waals surface area contributed by atoms with E-state index in [2.05, 4.69) is 13.8 Å². The molecule has 3 amide bonds. The summed E-state index contributed by atoms with van der Waals surface area (Å²) in [4.78, 5) is 20.9. The Morgan fingerprint density at radius 3 is 2.64 bits per heavy atom. The number of alkyl carbamates (subject to hydrolysis) is 1. The van der Waals surface area contributed by atoms with Gasteiger partial charge in [0.05, 0.1) is 6.61 Å². The lowest BCUT2D eigenvalue weighted by molar-refractivity contribution is 0.144. The minimum absolute atomic E-state index is 0.323. The fraction of sp³-hybridized carbons (Fsp3) is 0.778. The number of rotatable bonds is 5. The Morgan fingerprint density at radius 1 is 1.50 bits per heavy atom. The fourth-order valence-corrected chi connectivity index (χ4v) is 0.937. The van der Waals surface area contributed by atoms with Gasteiger partial charge in [-0.15, -0.1) is 0 Å². The van der Waals surface area contributed by atoms with Gasteiger partial charge >= 0.3 is 12.1 Å². The van der Waals surface area contributed by atoms with Gasteiger partial charge in [0.2, 0.25) is 0 Å². The minimum Gasteiger partial charge on any atom is -0.449 e. The number of imide groups is 1. The second-order valence-corrected chi connectivity index (χ2v) is 3.28. The van der Waals surface area contributed by atoms with Crippen LogP contribution in [0.5, 0.6) is 0 Å². The predicted molar refractivity (Wildman–Crippen MR) is 52.8 cm³/mol. The van der Waals surface area contributed by atoms with Crippen molar-refractivity contribution in [1.82, 2.24) is 5.32 Å². The predicted octanol–water partition coefficient (Wildman–Crippen LogP) is 1.62. The maximum atomic E-state index is 10.7. The summed E-state index contributed by atoms with van der Waals surface area (Å²) in [6, 6.07) is -0.892. The molecule has 5 nitrogen and oxygen atoms in total. The van der Waals surface area contributed by atoms with E-state index >= 15 is 0 Å². The molecule has 82 valence electrons. The second kappa shape index (κ2) is 7.17. The molecular formula is C9H18N2O3. The Labute approximate surface area is 84.0 Å². The van der Waals surface area contributed by atoms with Crippen molar-refractivity contribution >= 4 is 12.1 Å². The van der Waals surface area contributed by atoms with Gasteiger partial charge < -0.3 is 10.5 Å². The third-order valence-corrected chi connectivity index (χ3v) is 2.00. The van der Waals surface area contributed by atoms with E-state index in [-0.39, 0.29) is 0 Å². The zero-order chi connectivity index (χ0) is 11.0. The van der Waals surface area contributed by atoms with Crippen LogP contribution in [0.2, 0.25) is 0 Å². The van der Waals surface area contributed by atoms with Crippen LogP contribution in [-0.2, 0) is 4.74 Å². The zero-order valence-electron chi connectivity index (χ0n) is 8.71. The Kier molecular flexibility index (Phi) is 6.53. The first kappa shape index (κ1) is 12.7. The monoisotopic (exact) mass is 202 g/mol. The molecule has 0 rings (SSSR count). The lowest BCUT2D eigenvalue weighted by Crippen LogP contribution is -2.35. The largest absolute Gasteiger partial charge is 0.449 e. The van der Waals surface area contributed by atoms with Crippen molar-refractivity contribution in [2.75, 3.05) is 6.61 Å². The molecule has 1 unspecified atom stereocenters. The quantitative estimate of drug-likeness (QED) is 0.664. The van der Waals surface area contributed by atoms with Crippen molar-refractivity contribution in [3.05, 3.63) is 0 Å². The van der Waals surface area contributed by atoms with Crippen molar-refractivity contribution in [1.29, 1.82) is 0 Å². The number of hydrogen-bond donors (Lipinski definition) is 2. The summed E-state index contributed by atoms with van der Waals surface area (Å²) in [6.07, 6.45) is 2.16. The molecule has 0 aromatic rings. The van der Waals surface area contributed by atoms with Gasteiger partial charge in [0.1, 0.15) is 0 Å². The number of amides is 3. The molecule has 0 fully saturated rings. The summed E-state index contributed by atoms with van der Waals surface area (Å²) in [7, 11) is 0. The second-order valence-electron chi connectivity index (χ2n) is 3.28. The van der Waals surface area contributed by atoms with E-state index in [1.165, 1.54) is 0 Å². The average molecular weight is 202 g/mol. The highest BCUT2D eigenvalue weighted by molar-refractivity contribution is 5.89.